The lowest BCUT2D eigenvalue weighted by Gasteiger charge is -2.10. The van der Waals surface area contributed by atoms with Crippen LogP contribution >= 0.6 is 0 Å². The number of aromatic carboxylic acids is 1. The average Bonchev–Trinajstić information content (AvgIpc) is 2.37. The van der Waals surface area contributed by atoms with Crippen LogP contribution in [-0.4, -0.2) is 19.5 Å². The van der Waals surface area contributed by atoms with Crippen LogP contribution in [-0.2, 0) is 10.0 Å². The molecule has 0 bridgehead atoms. The first-order valence-corrected chi connectivity index (χ1v) is 7.15. The van der Waals surface area contributed by atoms with E-state index in [4.69, 9.17) is 15.0 Å². The number of carboxylic acid groups (broad SMARTS) is 1. The number of primary sulfonamides is 1. The van der Waals surface area contributed by atoms with Gasteiger partial charge in [0, 0.05) is 6.07 Å². The van der Waals surface area contributed by atoms with Gasteiger partial charge in [0.2, 0.25) is 10.0 Å². The second kappa shape index (κ2) is 5.51. The molecule has 0 heterocycles. The van der Waals surface area contributed by atoms with E-state index in [-0.39, 0.29) is 16.4 Å². The Morgan fingerprint density at radius 1 is 1.19 bits per heavy atom. The second-order valence-electron chi connectivity index (χ2n) is 4.07. The molecule has 2 aromatic carbocycles. The van der Waals surface area contributed by atoms with Crippen LogP contribution in [0, 0.1) is 5.82 Å². The third-order valence-corrected chi connectivity index (χ3v) is 3.44. The third-order valence-electron chi connectivity index (χ3n) is 2.53. The van der Waals surface area contributed by atoms with E-state index < -0.39 is 27.4 Å². The Labute approximate surface area is 119 Å². The van der Waals surface area contributed by atoms with Crippen LogP contribution in [0.25, 0.3) is 0 Å². The van der Waals surface area contributed by atoms with Crippen LogP contribution < -0.4 is 9.88 Å². The number of carboxylic acids is 1. The van der Waals surface area contributed by atoms with Crippen molar-refractivity contribution in [1.29, 1.82) is 0 Å². The Morgan fingerprint density at radius 2 is 1.90 bits per heavy atom. The molecule has 0 amide bonds. The van der Waals surface area contributed by atoms with E-state index in [1.165, 1.54) is 18.2 Å². The summed E-state index contributed by atoms with van der Waals surface area (Å²) < 4.78 is 40.8. The van der Waals surface area contributed by atoms with Crippen molar-refractivity contribution in [3.8, 4) is 11.5 Å². The monoisotopic (exact) mass is 311 g/mol. The van der Waals surface area contributed by atoms with Crippen LogP contribution in [0.1, 0.15) is 10.4 Å². The van der Waals surface area contributed by atoms with E-state index in [0.717, 1.165) is 24.3 Å². The predicted molar refractivity (Wildman–Crippen MR) is 71.2 cm³/mol. The SMILES string of the molecule is NS(=O)(=O)c1ccc(Oc2cccc(F)c2)c(C(=O)O)c1. The molecule has 0 radical (unpaired) electrons. The van der Waals surface area contributed by atoms with Gasteiger partial charge in [-0.25, -0.2) is 22.7 Å². The molecule has 0 aromatic heterocycles. The number of hydrogen-bond acceptors (Lipinski definition) is 4. The van der Waals surface area contributed by atoms with Crippen molar-refractivity contribution in [2.24, 2.45) is 5.14 Å². The number of sulfonamides is 1. The minimum atomic E-state index is -4.03. The normalized spacial score (nSPS) is 11.1. The molecule has 0 unspecified atom stereocenters. The smallest absolute Gasteiger partial charge is 0.339 e. The fourth-order valence-corrected chi connectivity index (χ4v) is 2.14. The molecule has 110 valence electrons. The summed E-state index contributed by atoms with van der Waals surface area (Å²) in [7, 11) is -4.03. The molecule has 0 aliphatic heterocycles. The van der Waals surface area contributed by atoms with Gasteiger partial charge >= 0.3 is 5.97 Å². The molecule has 0 aliphatic carbocycles. The van der Waals surface area contributed by atoms with E-state index in [9.17, 15) is 17.6 Å². The molecule has 21 heavy (non-hydrogen) atoms. The molecule has 0 spiro atoms. The van der Waals surface area contributed by atoms with E-state index in [2.05, 4.69) is 0 Å². The maximum Gasteiger partial charge on any atom is 0.339 e. The van der Waals surface area contributed by atoms with Crippen molar-refractivity contribution < 1.29 is 27.4 Å². The Balaban J connectivity index is 2.47. The molecule has 0 saturated carbocycles. The zero-order chi connectivity index (χ0) is 15.6. The predicted octanol–water partition coefficient (Wildman–Crippen LogP) is 1.96. The Kier molecular flexibility index (Phi) is 3.92. The van der Waals surface area contributed by atoms with Crippen LogP contribution in [0.3, 0.4) is 0 Å². The zero-order valence-corrected chi connectivity index (χ0v) is 11.3. The standard InChI is InChI=1S/C13H10FNO5S/c14-8-2-1-3-9(6-8)20-12-5-4-10(21(15,18)19)7-11(12)13(16)17/h1-7H,(H,16,17)(H2,15,18,19). The zero-order valence-electron chi connectivity index (χ0n) is 10.5. The first kappa shape index (κ1) is 14.9. The van der Waals surface area contributed by atoms with Gasteiger partial charge in [0.15, 0.2) is 0 Å². The van der Waals surface area contributed by atoms with Crippen molar-refractivity contribution >= 4 is 16.0 Å². The van der Waals surface area contributed by atoms with Gasteiger partial charge in [-0.3, -0.25) is 0 Å². The average molecular weight is 311 g/mol. The minimum Gasteiger partial charge on any atom is -0.478 e. The molecule has 0 atom stereocenters. The highest BCUT2D eigenvalue weighted by atomic mass is 32.2. The highest BCUT2D eigenvalue weighted by Crippen LogP contribution is 2.27. The Bertz CT molecular complexity index is 804. The summed E-state index contributed by atoms with van der Waals surface area (Å²) in [4.78, 5) is 10.8. The fourth-order valence-electron chi connectivity index (χ4n) is 1.60. The molecule has 6 nitrogen and oxygen atoms in total. The lowest BCUT2D eigenvalue weighted by atomic mass is 10.2. The molecule has 3 N–H and O–H groups in total. The Hall–Kier alpha value is -2.45. The summed E-state index contributed by atoms with van der Waals surface area (Å²) in [5, 5.41) is 14.0. The topological polar surface area (TPSA) is 107 Å². The molecular formula is C13H10FNO5S. The van der Waals surface area contributed by atoms with Gasteiger partial charge in [0.05, 0.1) is 4.90 Å². The maximum absolute atomic E-state index is 13.1. The van der Waals surface area contributed by atoms with Gasteiger partial charge in [-0.1, -0.05) is 6.07 Å². The lowest BCUT2D eigenvalue weighted by molar-refractivity contribution is 0.0694. The number of hydrogen-bond donors (Lipinski definition) is 2. The fraction of sp³-hybridized carbons (Fsp3) is 0. The van der Waals surface area contributed by atoms with Gasteiger partial charge in [-0.2, -0.15) is 0 Å². The number of halogens is 1. The number of rotatable bonds is 4. The molecule has 0 fully saturated rings. The van der Waals surface area contributed by atoms with Gasteiger partial charge in [-0.05, 0) is 30.3 Å². The van der Waals surface area contributed by atoms with Crippen molar-refractivity contribution in [3.63, 3.8) is 0 Å². The van der Waals surface area contributed by atoms with Gasteiger partial charge in [0.25, 0.3) is 0 Å². The molecule has 0 saturated heterocycles. The highest BCUT2D eigenvalue weighted by Gasteiger charge is 2.17. The van der Waals surface area contributed by atoms with Crippen molar-refractivity contribution in [1.82, 2.24) is 0 Å². The van der Waals surface area contributed by atoms with E-state index in [0.29, 0.717) is 0 Å². The molecule has 2 aromatic rings. The summed E-state index contributed by atoms with van der Waals surface area (Å²) in [6.45, 7) is 0. The molecule has 8 heteroatoms. The molecule has 0 aliphatic rings. The Morgan fingerprint density at radius 3 is 2.48 bits per heavy atom. The van der Waals surface area contributed by atoms with Crippen molar-refractivity contribution in [3.05, 3.63) is 53.8 Å². The summed E-state index contributed by atoms with van der Waals surface area (Å²) in [5.41, 5.74) is -0.397. The van der Waals surface area contributed by atoms with Crippen molar-refractivity contribution in [2.45, 2.75) is 4.90 Å². The molecular weight excluding hydrogens is 301 g/mol. The van der Waals surface area contributed by atoms with Gasteiger partial charge < -0.3 is 9.84 Å². The quantitative estimate of drug-likeness (QED) is 0.897. The summed E-state index contributed by atoms with van der Waals surface area (Å²) in [6, 6.07) is 8.23. The summed E-state index contributed by atoms with van der Waals surface area (Å²) in [6.07, 6.45) is 0. The maximum atomic E-state index is 13.1. The van der Waals surface area contributed by atoms with Crippen molar-refractivity contribution in [2.75, 3.05) is 0 Å². The van der Waals surface area contributed by atoms with Gasteiger partial charge in [0.1, 0.15) is 22.9 Å². The second-order valence-corrected chi connectivity index (χ2v) is 5.63. The number of benzene rings is 2. The largest absolute Gasteiger partial charge is 0.478 e. The van der Waals surface area contributed by atoms with E-state index >= 15 is 0 Å². The van der Waals surface area contributed by atoms with Gasteiger partial charge in [-0.15, -0.1) is 0 Å². The number of nitrogens with two attached hydrogens (primary N) is 1. The lowest BCUT2D eigenvalue weighted by Crippen LogP contribution is -2.13. The van der Waals surface area contributed by atoms with Crippen LogP contribution in [0.4, 0.5) is 4.39 Å². The highest BCUT2D eigenvalue weighted by molar-refractivity contribution is 7.89. The number of carbonyl (C=O) groups is 1. The minimum absolute atomic E-state index is 0.0841. The van der Waals surface area contributed by atoms with Crippen LogP contribution in [0.2, 0.25) is 0 Å². The first-order chi connectivity index (χ1) is 9.77. The number of ether oxygens (including phenoxy) is 1. The third kappa shape index (κ3) is 3.56. The van der Waals surface area contributed by atoms with E-state index in [1.54, 1.807) is 0 Å². The first-order valence-electron chi connectivity index (χ1n) is 5.61. The van der Waals surface area contributed by atoms with E-state index in [1.807, 2.05) is 0 Å². The summed E-state index contributed by atoms with van der Waals surface area (Å²) >= 11 is 0. The van der Waals surface area contributed by atoms with Crippen LogP contribution in [0.15, 0.2) is 47.4 Å². The summed E-state index contributed by atoms with van der Waals surface area (Å²) in [5.74, 6) is -1.99. The van der Waals surface area contributed by atoms with Crippen LogP contribution in [0.5, 0.6) is 11.5 Å². The molecule has 2 rings (SSSR count).